The first-order valence-electron chi connectivity index (χ1n) is 11.6. The van der Waals surface area contributed by atoms with Crippen LogP contribution in [0.3, 0.4) is 0 Å². The molecule has 0 fully saturated rings. The number of unbranched alkanes of at least 4 members (excludes halogenated alkanes) is 4. The first-order valence-corrected chi connectivity index (χ1v) is 11.6. The minimum Gasteiger partial charge on any atom is -0.465 e. The molecule has 0 aliphatic carbocycles. The van der Waals surface area contributed by atoms with Crippen LogP contribution in [0.2, 0.25) is 0 Å². The predicted octanol–water partition coefficient (Wildman–Crippen LogP) is 8.21. The molecule has 0 rings (SSSR count). The number of hydrogen-bond acceptors (Lipinski definition) is 2. The first-order chi connectivity index (χ1) is 12.9. The maximum Gasteiger partial charge on any atom is 0.309 e. The zero-order chi connectivity index (χ0) is 21.8. The Bertz CT molecular complexity index is 425. The van der Waals surface area contributed by atoms with Crippen molar-refractivity contribution in [1.29, 1.82) is 0 Å². The Balaban J connectivity index is 4.61. The Morgan fingerprint density at radius 3 is 2.00 bits per heavy atom. The van der Waals surface area contributed by atoms with E-state index < -0.39 is 0 Å². The van der Waals surface area contributed by atoms with Gasteiger partial charge >= 0.3 is 5.97 Å². The summed E-state index contributed by atoms with van der Waals surface area (Å²) < 4.78 is 5.72. The first kappa shape index (κ1) is 27.2. The van der Waals surface area contributed by atoms with Gasteiger partial charge < -0.3 is 4.74 Å². The number of carbonyl (C=O) groups is 1. The normalized spacial score (nSPS) is 15.7. The Hall–Kier alpha value is -0.790. The second-order valence-corrected chi connectivity index (χ2v) is 11.5. The fourth-order valence-electron chi connectivity index (χ4n) is 4.38. The lowest BCUT2D eigenvalue weighted by molar-refractivity contribution is -0.151. The van der Waals surface area contributed by atoms with Gasteiger partial charge in [-0.1, -0.05) is 74.3 Å². The summed E-state index contributed by atoms with van der Waals surface area (Å²) in [6.45, 7) is 22.6. The summed E-state index contributed by atoms with van der Waals surface area (Å²) in [5.41, 5.74) is 0.582. The van der Waals surface area contributed by atoms with E-state index in [9.17, 15) is 4.79 Å². The van der Waals surface area contributed by atoms with Crippen molar-refractivity contribution in [3.63, 3.8) is 0 Å². The molecule has 0 aromatic rings. The molecule has 3 unspecified atom stereocenters. The van der Waals surface area contributed by atoms with Crippen LogP contribution in [0.25, 0.3) is 0 Å². The van der Waals surface area contributed by atoms with Crippen LogP contribution in [0.5, 0.6) is 0 Å². The summed E-state index contributed by atoms with van der Waals surface area (Å²) in [4.78, 5) is 12.9. The van der Waals surface area contributed by atoms with Crippen molar-refractivity contribution < 1.29 is 9.53 Å². The molecule has 28 heavy (non-hydrogen) atoms. The highest BCUT2D eigenvalue weighted by molar-refractivity contribution is 5.72. The second-order valence-electron chi connectivity index (χ2n) is 11.5. The molecule has 2 heteroatoms. The van der Waals surface area contributed by atoms with Crippen molar-refractivity contribution in [2.24, 2.45) is 28.6 Å². The highest BCUT2D eigenvalue weighted by atomic mass is 16.5. The van der Waals surface area contributed by atoms with E-state index in [4.69, 9.17) is 4.74 Å². The molecule has 0 spiro atoms. The Morgan fingerprint density at radius 1 is 0.893 bits per heavy atom. The summed E-state index contributed by atoms with van der Waals surface area (Å²) in [6.07, 6.45) is 11.9. The molecule has 0 aliphatic rings. The van der Waals surface area contributed by atoms with Crippen LogP contribution in [0, 0.1) is 28.6 Å². The number of allylic oxidation sites excluding steroid dienone is 1. The molecular weight excluding hydrogens is 344 g/mol. The molecule has 0 bridgehead atoms. The molecule has 0 saturated carbocycles. The van der Waals surface area contributed by atoms with E-state index in [-0.39, 0.29) is 17.3 Å². The van der Waals surface area contributed by atoms with Gasteiger partial charge in [-0.05, 0) is 67.6 Å². The molecule has 0 radical (unpaired) electrons. The topological polar surface area (TPSA) is 26.3 Å². The van der Waals surface area contributed by atoms with Gasteiger partial charge in [-0.15, -0.1) is 6.58 Å². The van der Waals surface area contributed by atoms with Crippen molar-refractivity contribution in [2.75, 3.05) is 6.61 Å². The van der Waals surface area contributed by atoms with Crippen LogP contribution in [0.1, 0.15) is 113 Å². The molecule has 2 nitrogen and oxygen atoms in total. The van der Waals surface area contributed by atoms with Gasteiger partial charge in [-0.3, -0.25) is 4.79 Å². The summed E-state index contributed by atoms with van der Waals surface area (Å²) in [7, 11) is 0. The number of ether oxygens (including phenoxy) is 1. The van der Waals surface area contributed by atoms with Crippen LogP contribution in [0.4, 0.5) is 0 Å². The van der Waals surface area contributed by atoms with E-state index in [2.05, 4.69) is 62.0 Å². The van der Waals surface area contributed by atoms with Crippen LogP contribution >= 0.6 is 0 Å². The van der Waals surface area contributed by atoms with Gasteiger partial charge in [-0.25, -0.2) is 0 Å². The number of carbonyl (C=O) groups excluding carboxylic acids is 1. The van der Waals surface area contributed by atoms with Crippen molar-refractivity contribution in [3.05, 3.63) is 12.7 Å². The second kappa shape index (κ2) is 13.4. The van der Waals surface area contributed by atoms with E-state index >= 15 is 0 Å². The quantitative estimate of drug-likeness (QED) is 0.168. The fraction of sp³-hybridized carbons (Fsp3) is 0.885. The minimum atomic E-state index is 0.0300. The third kappa shape index (κ3) is 15.2. The van der Waals surface area contributed by atoms with Crippen molar-refractivity contribution >= 4 is 5.97 Å². The van der Waals surface area contributed by atoms with Crippen LogP contribution in [-0.4, -0.2) is 12.6 Å². The standard InChI is InChI=1S/C26H50O2/c1-10-11-12-13-14-15-18-28-24(27)23(22(3)20-26(7,8)9)17-16-21(2)19-25(4,5)6/h10,21-23H,1,11-20H2,2-9H3. The third-order valence-electron chi connectivity index (χ3n) is 5.40. The fourth-order valence-corrected chi connectivity index (χ4v) is 4.38. The number of rotatable bonds is 14. The molecule has 0 aliphatic heterocycles. The zero-order valence-corrected chi connectivity index (χ0v) is 20.4. The Kier molecular flexibility index (Phi) is 13.1. The maximum atomic E-state index is 12.9. The molecule has 166 valence electrons. The van der Waals surface area contributed by atoms with Gasteiger partial charge in [0.05, 0.1) is 12.5 Å². The van der Waals surface area contributed by atoms with E-state index in [1.807, 2.05) is 6.08 Å². The monoisotopic (exact) mass is 394 g/mol. The summed E-state index contributed by atoms with van der Waals surface area (Å²) >= 11 is 0. The summed E-state index contributed by atoms with van der Waals surface area (Å²) in [5.74, 6) is 1.07. The molecule has 0 aromatic heterocycles. The molecular formula is C26H50O2. The molecule has 0 saturated heterocycles. The van der Waals surface area contributed by atoms with Crippen LogP contribution in [-0.2, 0) is 9.53 Å². The van der Waals surface area contributed by atoms with Crippen LogP contribution in [0.15, 0.2) is 12.7 Å². The molecule has 0 N–H and O–H groups in total. The van der Waals surface area contributed by atoms with Gasteiger partial charge in [0, 0.05) is 0 Å². The van der Waals surface area contributed by atoms with Gasteiger partial charge in [0.2, 0.25) is 0 Å². The lowest BCUT2D eigenvalue weighted by Gasteiger charge is -2.30. The highest BCUT2D eigenvalue weighted by Gasteiger charge is 2.30. The Labute approximate surface area is 176 Å². The third-order valence-corrected chi connectivity index (χ3v) is 5.40. The van der Waals surface area contributed by atoms with Gasteiger partial charge in [0.15, 0.2) is 0 Å². The van der Waals surface area contributed by atoms with Gasteiger partial charge in [0.25, 0.3) is 0 Å². The highest BCUT2D eigenvalue weighted by Crippen LogP contribution is 2.34. The van der Waals surface area contributed by atoms with Crippen molar-refractivity contribution in [3.8, 4) is 0 Å². The van der Waals surface area contributed by atoms with E-state index in [0.29, 0.717) is 23.9 Å². The largest absolute Gasteiger partial charge is 0.465 e. The average Bonchev–Trinajstić information content (AvgIpc) is 2.50. The van der Waals surface area contributed by atoms with E-state index in [0.717, 1.165) is 38.5 Å². The molecule has 0 aromatic carbocycles. The van der Waals surface area contributed by atoms with E-state index in [1.54, 1.807) is 0 Å². The predicted molar refractivity (Wildman–Crippen MR) is 123 cm³/mol. The lowest BCUT2D eigenvalue weighted by atomic mass is 9.76. The minimum absolute atomic E-state index is 0.0300. The zero-order valence-electron chi connectivity index (χ0n) is 20.4. The number of esters is 1. The smallest absolute Gasteiger partial charge is 0.309 e. The molecule has 0 heterocycles. The average molecular weight is 395 g/mol. The Morgan fingerprint density at radius 2 is 1.46 bits per heavy atom. The van der Waals surface area contributed by atoms with Crippen LogP contribution < -0.4 is 0 Å². The summed E-state index contributed by atoms with van der Waals surface area (Å²) in [5, 5.41) is 0. The molecule has 3 atom stereocenters. The summed E-state index contributed by atoms with van der Waals surface area (Å²) in [6, 6.07) is 0. The number of hydrogen-bond donors (Lipinski definition) is 0. The van der Waals surface area contributed by atoms with Crippen molar-refractivity contribution in [1.82, 2.24) is 0 Å². The van der Waals surface area contributed by atoms with E-state index in [1.165, 1.54) is 19.3 Å². The molecule has 0 amide bonds. The van der Waals surface area contributed by atoms with Crippen molar-refractivity contribution in [2.45, 2.75) is 113 Å². The maximum absolute atomic E-state index is 12.9. The van der Waals surface area contributed by atoms with Gasteiger partial charge in [0.1, 0.15) is 0 Å². The lowest BCUT2D eigenvalue weighted by Crippen LogP contribution is -2.28. The van der Waals surface area contributed by atoms with Gasteiger partial charge in [-0.2, -0.15) is 0 Å². The SMILES string of the molecule is C=CCCCCCCOC(=O)C(CCC(C)CC(C)(C)C)C(C)CC(C)(C)C.